The predicted molar refractivity (Wildman–Crippen MR) is 94.0 cm³/mol. The molecule has 1 amide bonds. The smallest absolute Gasteiger partial charge is 0.337 e. The van der Waals surface area contributed by atoms with Gasteiger partial charge in [-0.25, -0.2) is 14.8 Å². The minimum Gasteiger partial charge on any atom is -0.465 e. The van der Waals surface area contributed by atoms with E-state index in [-0.39, 0.29) is 11.6 Å². The molecule has 0 aliphatic heterocycles. The van der Waals surface area contributed by atoms with Gasteiger partial charge in [0.15, 0.2) is 0 Å². The van der Waals surface area contributed by atoms with E-state index in [2.05, 4.69) is 25.3 Å². The van der Waals surface area contributed by atoms with Gasteiger partial charge in [-0.05, 0) is 44.4 Å². The number of hydrogen-bond acceptors (Lipinski definition) is 7. The highest BCUT2D eigenvalue weighted by Gasteiger charge is 2.09. The van der Waals surface area contributed by atoms with Crippen molar-refractivity contribution in [2.75, 3.05) is 39.6 Å². The zero-order valence-electron chi connectivity index (χ0n) is 14.4. The summed E-state index contributed by atoms with van der Waals surface area (Å²) in [5.74, 6) is -0.362. The van der Waals surface area contributed by atoms with Crippen molar-refractivity contribution < 1.29 is 14.3 Å². The molecule has 0 unspecified atom stereocenters. The van der Waals surface area contributed by atoms with Crippen LogP contribution in [0.5, 0.6) is 0 Å². The van der Waals surface area contributed by atoms with Crippen LogP contribution in [0.3, 0.4) is 0 Å². The molecule has 0 atom stereocenters. The maximum absolute atomic E-state index is 12.1. The number of ether oxygens (including phenoxy) is 1. The fourth-order valence-corrected chi connectivity index (χ4v) is 1.97. The Morgan fingerprint density at radius 3 is 2.52 bits per heavy atom. The number of esters is 1. The van der Waals surface area contributed by atoms with E-state index in [1.807, 2.05) is 19.0 Å². The second-order valence-electron chi connectivity index (χ2n) is 5.52. The Bertz CT molecular complexity index is 731. The average molecular weight is 343 g/mol. The van der Waals surface area contributed by atoms with Crippen molar-refractivity contribution in [3.63, 3.8) is 0 Å². The molecule has 1 aromatic carbocycles. The third kappa shape index (κ3) is 5.54. The number of aromatic nitrogens is 2. The summed E-state index contributed by atoms with van der Waals surface area (Å²) < 4.78 is 4.65. The van der Waals surface area contributed by atoms with Gasteiger partial charge in [0.05, 0.1) is 12.7 Å². The molecule has 0 aliphatic rings. The van der Waals surface area contributed by atoms with Crippen LogP contribution in [-0.2, 0) is 4.74 Å². The van der Waals surface area contributed by atoms with Crippen molar-refractivity contribution >= 4 is 23.5 Å². The summed E-state index contributed by atoms with van der Waals surface area (Å²) in [4.78, 5) is 33.8. The average Bonchev–Trinajstić information content (AvgIpc) is 2.61. The number of carbonyl (C=O) groups is 2. The predicted octanol–water partition coefficient (Wildman–Crippen LogP) is 1.30. The summed E-state index contributed by atoms with van der Waals surface area (Å²) in [5, 5.41) is 5.79. The number of methoxy groups -OCH3 is 1. The minimum atomic E-state index is -0.404. The Morgan fingerprint density at radius 1 is 1.16 bits per heavy atom. The van der Waals surface area contributed by atoms with E-state index in [1.54, 1.807) is 30.3 Å². The Balaban J connectivity index is 2.01. The van der Waals surface area contributed by atoms with Crippen molar-refractivity contribution in [2.24, 2.45) is 0 Å². The molecule has 0 saturated carbocycles. The van der Waals surface area contributed by atoms with Gasteiger partial charge in [0.25, 0.3) is 5.91 Å². The maximum atomic E-state index is 12.1. The van der Waals surface area contributed by atoms with E-state index >= 15 is 0 Å². The number of nitrogens with one attached hydrogen (secondary N) is 2. The first-order chi connectivity index (χ1) is 12.0. The fourth-order valence-electron chi connectivity index (χ4n) is 1.97. The first-order valence-corrected chi connectivity index (χ1v) is 7.71. The normalized spacial score (nSPS) is 10.4. The lowest BCUT2D eigenvalue weighted by Gasteiger charge is -2.10. The fraction of sp³-hybridized carbons (Fsp3) is 0.294. The molecule has 25 heavy (non-hydrogen) atoms. The lowest BCUT2D eigenvalue weighted by molar-refractivity contribution is 0.0600. The third-order valence-corrected chi connectivity index (χ3v) is 3.29. The largest absolute Gasteiger partial charge is 0.465 e. The minimum absolute atomic E-state index is 0.256. The molecule has 0 saturated heterocycles. The third-order valence-electron chi connectivity index (χ3n) is 3.29. The molecule has 1 aromatic heterocycles. The number of amides is 1. The molecule has 2 N–H and O–H groups in total. The number of carbonyl (C=O) groups excluding carboxylic acids is 2. The zero-order valence-corrected chi connectivity index (χ0v) is 14.4. The van der Waals surface area contributed by atoms with Crippen LogP contribution in [-0.4, -0.2) is 61.0 Å². The molecule has 0 fully saturated rings. The van der Waals surface area contributed by atoms with Crippen molar-refractivity contribution in [2.45, 2.75) is 0 Å². The Hall–Kier alpha value is -3.00. The molecular formula is C17H21N5O3. The SMILES string of the molecule is COC(=O)c1ccc(Nc2nccc(C(=O)NCCN(C)C)n2)cc1. The maximum Gasteiger partial charge on any atom is 0.337 e. The summed E-state index contributed by atoms with van der Waals surface area (Å²) >= 11 is 0. The van der Waals surface area contributed by atoms with Gasteiger partial charge in [0, 0.05) is 25.0 Å². The second-order valence-corrected chi connectivity index (χ2v) is 5.52. The van der Waals surface area contributed by atoms with Crippen LogP contribution in [0.1, 0.15) is 20.8 Å². The quantitative estimate of drug-likeness (QED) is 0.731. The summed E-state index contributed by atoms with van der Waals surface area (Å²) in [6.45, 7) is 1.28. The Morgan fingerprint density at radius 2 is 1.88 bits per heavy atom. The topological polar surface area (TPSA) is 96.4 Å². The standard InChI is InChI=1S/C17H21N5O3/c1-22(2)11-10-18-15(23)14-8-9-19-17(21-14)20-13-6-4-12(5-7-13)16(24)25-3/h4-9H,10-11H2,1-3H3,(H,18,23)(H,19,20,21). The molecule has 132 valence electrons. The summed E-state index contributed by atoms with van der Waals surface area (Å²) in [6.07, 6.45) is 1.51. The van der Waals surface area contributed by atoms with E-state index in [9.17, 15) is 9.59 Å². The number of likely N-dealkylation sites (N-methyl/N-ethyl adjacent to an activating group) is 1. The van der Waals surface area contributed by atoms with E-state index in [1.165, 1.54) is 13.3 Å². The molecule has 1 heterocycles. The highest BCUT2D eigenvalue weighted by Crippen LogP contribution is 2.14. The van der Waals surface area contributed by atoms with Gasteiger partial charge in [-0.1, -0.05) is 0 Å². The first kappa shape index (κ1) is 18.3. The molecule has 0 bridgehead atoms. The number of benzene rings is 1. The van der Waals surface area contributed by atoms with E-state index in [4.69, 9.17) is 0 Å². The number of rotatable bonds is 7. The zero-order chi connectivity index (χ0) is 18.2. The molecule has 8 heteroatoms. The van der Waals surface area contributed by atoms with Crippen molar-refractivity contribution in [3.8, 4) is 0 Å². The van der Waals surface area contributed by atoms with Gasteiger partial charge >= 0.3 is 5.97 Å². The molecule has 0 radical (unpaired) electrons. The van der Waals surface area contributed by atoms with Crippen molar-refractivity contribution in [1.29, 1.82) is 0 Å². The van der Waals surface area contributed by atoms with Crippen LogP contribution in [0, 0.1) is 0 Å². The van der Waals surface area contributed by atoms with Crippen molar-refractivity contribution in [3.05, 3.63) is 47.8 Å². The van der Waals surface area contributed by atoms with Gasteiger partial charge in [-0.2, -0.15) is 0 Å². The van der Waals surface area contributed by atoms with Crippen LogP contribution >= 0.6 is 0 Å². The molecule has 2 aromatic rings. The van der Waals surface area contributed by atoms with Gasteiger partial charge < -0.3 is 20.3 Å². The van der Waals surface area contributed by atoms with E-state index in [0.717, 1.165) is 6.54 Å². The molecule has 2 rings (SSSR count). The van der Waals surface area contributed by atoms with Crippen LogP contribution in [0.4, 0.5) is 11.6 Å². The molecule has 0 spiro atoms. The molecule has 8 nitrogen and oxygen atoms in total. The number of anilines is 2. The van der Waals surface area contributed by atoms with Crippen LogP contribution in [0.15, 0.2) is 36.5 Å². The van der Waals surface area contributed by atoms with E-state index in [0.29, 0.717) is 23.7 Å². The van der Waals surface area contributed by atoms with Crippen molar-refractivity contribution in [1.82, 2.24) is 20.2 Å². The lowest BCUT2D eigenvalue weighted by Crippen LogP contribution is -2.31. The van der Waals surface area contributed by atoms with Gasteiger partial charge in [0.1, 0.15) is 5.69 Å². The monoisotopic (exact) mass is 343 g/mol. The summed E-state index contributed by atoms with van der Waals surface area (Å²) in [6, 6.07) is 8.23. The molecular weight excluding hydrogens is 322 g/mol. The van der Waals surface area contributed by atoms with Crippen LogP contribution < -0.4 is 10.6 Å². The summed E-state index contributed by atoms with van der Waals surface area (Å²) in [7, 11) is 5.20. The first-order valence-electron chi connectivity index (χ1n) is 7.71. The van der Waals surface area contributed by atoms with Gasteiger partial charge in [0.2, 0.25) is 5.95 Å². The highest BCUT2D eigenvalue weighted by molar-refractivity contribution is 5.92. The van der Waals surface area contributed by atoms with Crippen LogP contribution in [0.2, 0.25) is 0 Å². The second kappa shape index (κ2) is 8.74. The van der Waals surface area contributed by atoms with Crippen LogP contribution in [0.25, 0.3) is 0 Å². The van der Waals surface area contributed by atoms with Gasteiger partial charge in [-0.3, -0.25) is 4.79 Å². The van der Waals surface area contributed by atoms with E-state index < -0.39 is 5.97 Å². The molecule has 0 aliphatic carbocycles. The summed E-state index contributed by atoms with van der Waals surface area (Å²) in [5.41, 5.74) is 1.42. The Labute approximate surface area is 146 Å². The Kier molecular flexibility index (Phi) is 6.41. The lowest BCUT2D eigenvalue weighted by atomic mass is 10.2. The van der Waals surface area contributed by atoms with Gasteiger partial charge in [-0.15, -0.1) is 0 Å². The number of nitrogens with zero attached hydrogens (tertiary/aromatic N) is 3. The highest BCUT2D eigenvalue weighted by atomic mass is 16.5. The number of hydrogen-bond donors (Lipinski definition) is 2.